The van der Waals surface area contributed by atoms with E-state index in [2.05, 4.69) is 10.4 Å². The number of fused-ring (bicyclic) bond motifs is 1. The van der Waals surface area contributed by atoms with Gasteiger partial charge in [0.25, 0.3) is 0 Å². The van der Waals surface area contributed by atoms with Crippen LogP contribution in [0.3, 0.4) is 0 Å². The van der Waals surface area contributed by atoms with E-state index < -0.39 is 0 Å². The number of carbonyl (C=O) groups is 1. The van der Waals surface area contributed by atoms with Crippen LogP contribution in [0.25, 0.3) is 0 Å². The van der Waals surface area contributed by atoms with Crippen LogP contribution in [0.2, 0.25) is 0 Å². The number of carbonyl (C=O) groups excluding carboxylic acids is 1. The van der Waals surface area contributed by atoms with Gasteiger partial charge in [-0.1, -0.05) is 18.2 Å². The molecule has 0 saturated carbocycles. The number of halogens is 1. The average molecular weight is 287 g/mol. The highest BCUT2D eigenvalue weighted by Crippen LogP contribution is 2.39. The lowest BCUT2D eigenvalue weighted by Crippen LogP contribution is -2.30. The molecule has 3 rings (SSSR count). The molecule has 0 unspecified atom stereocenters. The van der Waals surface area contributed by atoms with E-state index in [0.29, 0.717) is 11.4 Å². The first kappa shape index (κ1) is 13.8. The van der Waals surface area contributed by atoms with Gasteiger partial charge >= 0.3 is 0 Å². The summed E-state index contributed by atoms with van der Waals surface area (Å²) >= 11 is 0. The van der Waals surface area contributed by atoms with Gasteiger partial charge in [-0.25, -0.2) is 9.07 Å². The molecule has 5 heteroatoms. The van der Waals surface area contributed by atoms with Crippen LogP contribution in [0.4, 0.5) is 10.2 Å². The summed E-state index contributed by atoms with van der Waals surface area (Å²) in [6.07, 6.45) is 1.97. The molecule has 1 N–H and O–H groups in total. The number of hydrogen-bond acceptors (Lipinski definition) is 2. The van der Waals surface area contributed by atoms with Crippen LogP contribution in [0.15, 0.2) is 30.5 Å². The highest BCUT2D eigenvalue weighted by molar-refractivity contribution is 5.94. The molecule has 1 atom stereocenters. The third kappa shape index (κ3) is 2.33. The van der Waals surface area contributed by atoms with Crippen molar-refractivity contribution in [3.63, 3.8) is 0 Å². The maximum absolute atomic E-state index is 14.1. The van der Waals surface area contributed by atoms with Crippen LogP contribution in [-0.2, 0) is 10.3 Å². The van der Waals surface area contributed by atoms with Crippen molar-refractivity contribution in [2.75, 3.05) is 5.32 Å². The van der Waals surface area contributed by atoms with Gasteiger partial charge in [-0.15, -0.1) is 0 Å². The standard InChI is InChI=1S/C16H18FN3O/c1-16(2,3)20-15-12(9-18-20)11(8-14(21)19-15)10-6-4-5-7-13(10)17/h4-7,9,11H,8H2,1-3H3,(H,19,21)/t11-/m1/s1. The van der Waals surface area contributed by atoms with E-state index in [4.69, 9.17) is 0 Å². The van der Waals surface area contributed by atoms with Gasteiger partial charge in [0.15, 0.2) is 0 Å². The summed E-state index contributed by atoms with van der Waals surface area (Å²) in [6, 6.07) is 6.60. The molecule has 21 heavy (non-hydrogen) atoms. The van der Waals surface area contributed by atoms with Gasteiger partial charge in [0.2, 0.25) is 5.91 Å². The fraction of sp³-hybridized carbons (Fsp3) is 0.375. The first-order valence-corrected chi connectivity index (χ1v) is 7.00. The summed E-state index contributed by atoms with van der Waals surface area (Å²) in [5.74, 6) is -0.00790. The summed E-state index contributed by atoms with van der Waals surface area (Å²) in [4.78, 5) is 12.0. The number of hydrogen-bond donors (Lipinski definition) is 1. The van der Waals surface area contributed by atoms with Crippen molar-refractivity contribution >= 4 is 11.7 Å². The monoisotopic (exact) mass is 287 g/mol. The Morgan fingerprint density at radius 1 is 1.29 bits per heavy atom. The summed E-state index contributed by atoms with van der Waals surface area (Å²) < 4.78 is 15.9. The molecular formula is C16H18FN3O. The van der Waals surface area contributed by atoms with Gasteiger partial charge < -0.3 is 5.32 Å². The third-order valence-electron chi connectivity index (χ3n) is 3.74. The number of benzene rings is 1. The molecule has 110 valence electrons. The van der Waals surface area contributed by atoms with E-state index in [0.717, 1.165) is 5.56 Å². The third-order valence-corrected chi connectivity index (χ3v) is 3.74. The molecule has 0 fully saturated rings. The summed E-state index contributed by atoms with van der Waals surface area (Å²) in [7, 11) is 0. The van der Waals surface area contributed by atoms with Crippen molar-refractivity contribution in [3.05, 3.63) is 47.4 Å². The first-order valence-electron chi connectivity index (χ1n) is 7.00. The molecular weight excluding hydrogens is 269 g/mol. The normalized spacial score (nSPS) is 18.3. The lowest BCUT2D eigenvalue weighted by molar-refractivity contribution is -0.116. The number of amides is 1. The van der Waals surface area contributed by atoms with Crippen molar-refractivity contribution in [1.82, 2.24) is 9.78 Å². The van der Waals surface area contributed by atoms with Gasteiger partial charge in [0.1, 0.15) is 11.6 Å². The Labute approximate surface area is 123 Å². The molecule has 0 bridgehead atoms. The molecule has 1 amide bonds. The Hall–Kier alpha value is -2.17. The molecule has 0 radical (unpaired) electrons. The van der Waals surface area contributed by atoms with Crippen LogP contribution >= 0.6 is 0 Å². The second kappa shape index (κ2) is 4.69. The largest absolute Gasteiger partial charge is 0.311 e. The smallest absolute Gasteiger partial charge is 0.226 e. The predicted octanol–water partition coefficient (Wildman–Crippen LogP) is 3.25. The van der Waals surface area contributed by atoms with E-state index in [1.807, 2.05) is 20.8 Å². The lowest BCUT2D eigenvalue weighted by Gasteiger charge is -2.28. The Morgan fingerprint density at radius 2 is 2.00 bits per heavy atom. The molecule has 1 aliphatic heterocycles. The van der Waals surface area contributed by atoms with Gasteiger partial charge in [-0.05, 0) is 32.4 Å². The molecule has 2 heterocycles. The quantitative estimate of drug-likeness (QED) is 0.875. The summed E-state index contributed by atoms with van der Waals surface area (Å²) in [5, 5.41) is 7.26. The fourth-order valence-corrected chi connectivity index (χ4v) is 2.76. The van der Waals surface area contributed by atoms with Gasteiger partial charge in [0.05, 0.1) is 11.7 Å². The fourth-order valence-electron chi connectivity index (χ4n) is 2.76. The van der Waals surface area contributed by atoms with E-state index in [-0.39, 0.29) is 29.6 Å². The molecule has 2 aromatic rings. The Kier molecular flexibility index (Phi) is 3.08. The van der Waals surface area contributed by atoms with Crippen molar-refractivity contribution in [2.45, 2.75) is 38.6 Å². The van der Waals surface area contributed by atoms with Crippen molar-refractivity contribution in [2.24, 2.45) is 0 Å². The maximum Gasteiger partial charge on any atom is 0.226 e. The van der Waals surface area contributed by atoms with E-state index in [1.54, 1.807) is 29.1 Å². The summed E-state index contributed by atoms with van der Waals surface area (Å²) in [6.45, 7) is 6.04. The van der Waals surface area contributed by atoms with Crippen LogP contribution in [0.5, 0.6) is 0 Å². The molecule has 1 aromatic heterocycles. The molecule has 0 aliphatic carbocycles. The van der Waals surface area contributed by atoms with E-state index in [1.165, 1.54) is 6.07 Å². The molecule has 1 aromatic carbocycles. The molecule has 0 spiro atoms. The average Bonchev–Trinajstić information content (AvgIpc) is 2.82. The van der Waals surface area contributed by atoms with E-state index in [9.17, 15) is 9.18 Å². The van der Waals surface area contributed by atoms with Gasteiger partial charge in [-0.2, -0.15) is 5.10 Å². The zero-order chi connectivity index (χ0) is 15.2. The van der Waals surface area contributed by atoms with Crippen molar-refractivity contribution in [3.8, 4) is 0 Å². The number of aromatic nitrogens is 2. The SMILES string of the molecule is CC(C)(C)n1ncc2c1NC(=O)C[C@@H]2c1ccccc1F. The van der Waals surface area contributed by atoms with Crippen molar-refractivity contribution < 1.29 is 9.18 Å². The highest BCUT2D eigenvalue weighted by atomic mass is 19.1. The number of rotatable bonds is 1. The molecule has 1 aliphatic rings. The minimum absolute atomic E-state index is 0.109. The topological polar surface area (TPSA) is 46.9 Å². The second-order valence-corrected chi connectivity index (χ2v) is 6.36. The minimum Gasteiger partial charge on any atom is -0.311 e. The highest BCUT2D eigenvalue weighted by Gasteiger charge is 2.33. The first-order chi connectivity index (χ1) is 9.88. The Balaban J connectivity index is 2.14. The Morgan fingerprint density at radius 3 is 2.67 bits per heavy atom. The van der Waals surface area contributed by atoms with Crippen LogP contribution in [0, 0.1) is 5.82 Å². The maximum atomic E-state index is 14.1. The minimum atomic E-state index is -0.286. The number of nitrogens with zero attached hydrogens (tertiary/aromatic N) is 2. The second-order valence-electron chi connectivity index (χ2n) is 6.36. The van der Waals surface area contributed by atoms with E-state index >= 15 is 0 Å². The lowest BCUT2D eigenvalue weighted by atomic mass is 9.87. The van der Waals surface area contributed by atoms with Crippen LogP contribution in [-0.4, -0.2) is 15.7 Å². The summed E-state index contributed by atoms with van der Waals surface area (Å²) in [5.41, 5.74) is 1.16. The zero-order valence-corrected chi connectivity index (χ0v) is 12.4. The molecule has 4 nitrogen and oxygen atoms in total. The Bertz CT molecular complexity index is 700. The predicted molar refractivity (Wildman–Crippen MR) is 78.7 cm³/mol. The van der Waals surface area contributed by atoms with Crippen LogP contribution in [0.1, 0.15) is 44.2 Å². The van der Waals surface area contributed by atoms with Crippen molar-refractivity contribution in [1.29, 1.82) is 0 Å². The van der Waals surface area contributed by atoms with Gasteiger partial charge in [-0.3, -0.25) is 4.79 Å². The van der Waals surface area contributed by atoms with Gasteiger partial charge in [0, 0.05) is 17.9 Å². The van der Waals surface area contributed by atoms with Crippen LogP contribution < -0.4 is 5.32 Å². The zero-order valence-electron chi connectivity index (χ0n) is 12.4. The number of anilines is 1. The molecule has 0 saturated heterocycles. The number of nitrogens with one attached hydrogen (secondary N) is 1.